The first kappa shape index (κ1) is 24.4. The summed E-state index contributed by atoms with van der Waals surface area (Å²) in [5.74, 6) is 0.147. The summed E-state index contributed by atoms with van der Waals surface area (Å²) in [6.45, 7) is 5.06. The third-order valence-electron chi connectivity index (χ3n) is 4.35. The van der Waals surface area contributed by atoms with Gasteiger partial charge < -0.3 is 14.8 Å². The number of carbonyl (C=O) groups is 1. The van der Waals surface area contributed by atoms with Gasteiger partial charge >= 0.3 is 0 Å². The van der Waals surface area contributed by atoms with Gasteiger partial charge in [0.05, 0.1) is 17.7 Å². The summed E-state index contributed by atoms with van der Waals surface area (Å²) in [5.41, 5.74) is 0.918. The number of nitrogens with zero attached hydrogens (tertiary/aromatic N) is 1. The molecular formula is C24H26BrFN2O3. The van der Waals surface area contributed by atoms with Crippen LogP contribution in [0, 0.1) is 17.1 Å². The van der Waals surface area contributed by atoms with Crippen LogP contribution in [-0.4, -0.2) is 19.1 Å². The number of ether oxygens (including phenoxy) is 2. The molecule has 0 saturated heterocycles. The van der Waals surface area contributed by atoms with Gasteiger partial charge in [0.2, 0.25) is 0 Å². The average Bonchev–Trinajstić information content (AvgIpc) is 2.75. The van der Waals surface area contributed by atoms with E-state index in [9.17, 15) is 14.4 Å². The second-order valence-corrected chi connectivity index (χ2v) is 7.66. The van der Waals surface area contributed by atoms with E-state index in [1.54, 1.807) is 12.1 Å². The van der Waals surface area contributed by atoms with Gasteiger partial charge in [-0.2, -0.15) is 5.26 Å². The van der Waals surface area contributed by atoms with E-state index in [-0.39, 0.29) is 5.57 Å². The Hall–Kier alpha value is -2.85. The van der Waals surface area contributed by atoms with Gasteiger partial charge in [-0.1, -0.05) is 26.2 Å². The Morgan fingerprint density at radius 1 is 1.16 bits per heavy atom. The number of anilines is 1. The summed E-state index contributed by atoms with van der Waals surface area (Å²) < 4.78 is 25.4. The Morgan fingerprint density at radius 2 is 1.90 bits per heavy atom. The van der Waals surface area contributed by atoms with Gasteiger partial charge in [-0.3, -0.25) is 4.79 Å². The summed E-state index contributed by atoms with van der Waals surface area (Å²) in [7, 11) is 0. The minimum Gasteiger partial charge on any atom is -0.490 e. The lowest BCUT2D eigenvalue weighted by Crippen LogP contribution is -2.13. The van der Waals surface area contributed by atoms with Crippen molar-refractivity contribution in [2.45, 2.75) is 39.5 Å². The van der Waals surface area contributed by atoms with Crippen molar-refractivity contribution in [1.82, 2.24) is 0 Å². The van der Waals surface area contributed by atoms with Crippen molar-refractivity contribution in [3.8, 4) is 17.6 Å². The molecule has 0 bridgehead atoms. The van der Waals surface area contributed by atoms with Crippen molar-refractivity contribution in [1.29, 1.82) is 5.26 Å². The van der Waals surface area contributed by atoms with Gasteiger partial charge in [-0.25, -0.2) is 4.39 Å². The fourth-order valence-electron chi connectivity index (χ4n) is 2.82. The second-order valence-electron chi connectivity index (χ2n) is 6.80. The maximum Gasteiger partial charge on any atom is 0.266 e. The van der Waals surface area contributed by atoms with Crippen LogP contribution in [0.3, 0.4) is 0 Å². The van der Waals surface area contributed by atoms with Gasteiger partial charge in [0.25, 0.3) is 5.91 Å². The molecule has 0 spiro atoms. The third-order valence-corrected chi connectivity index (χ3v) is 4.94. The van der Waals surface area contributed by atoms with Crippen LogP contribution < -0.4 is 14.8 Å². The number of hydrogen-bond donors (Lipinski definition) is 1. The molecule has 1 amide bonds. The van der Waals surface area contributed by atoms with E-state index in [1.807, 2.05) is 13.0 Å². The van der Waals surface area contributed by atoms with Gasteiger partial charge in [0, 0.05) is 5.69 Å². The van der Waals surface area contributed by atoms with Gasteiger partial charge in [0.1, 0.15) is 17.5 Å². The van der Waals surface area contributed by atoms with E-state index in [1.165, 1.54) is 36.8 Å². The van der Waals surface area contributed by atoms with Crippen LogP contribution in [0.25, 0.3) is 6.08 Å². The Morgan fingerprint density at radius 3 is 2.55 bits per heavy atom. The molecule has 7 heteroatoms. The number of hydrogen-bond acceptors (Lipinski definition) is 4. The van der Waals surface area contributed by atoms with Crippen LogP contribution in [0.15, 0.2) is 46.4 Å². The minimum absolute atomic E-state index is 0.0908. The lowest BCUT2D eigenvalue weighted by Gasteiger charge is -2.15. The van der Waals surface area contributed by atoms with Gasteiger partial charge in [-0.15, -0.1) is 0 Å². The number of amides is 1. The molecule has 164 valence electrons. The smallest absolute Gasteiger partial charge is 0.266 e. The lowest BCUT2D eigenvalue weighted by molar-refractivity contribution is -0.112. The number of benzene rings is 2. The molecule has 31 heavy (non-hydrogen) atoms. The maximum atomic E-state index is 13.0. The van der Waals surface area contributed by atoms with Crippen LogP contribution in [0.5, 0.6) is 11.5 Å². The standard InChI is InChI=1S/C24H26BrFN2O3/c1-3-5-6-7-12-31-23-21(25)14-17(15-22(23)30-4-2)13-18(16-27)24(29)28-20-10-8-19(26)9-11-20/h8-11,13-15H,3-7,12H2,1-2H3,(H,28,29). The Bertz CT molecular complexity index is 953. The maximum absolute atomic E-state index is 13.0. The first-order chi connectivity index (χ1) is 15.0. The van der Waals surface area contributed by atoms with Gasteiger partial charge in [0.15, 0.2) is 11.5 Å². The molecule has 0 aliphatic heterocycles. The summed E-state index contributed by atoms with van der Waals surface area (Å²) in [4.78, 5) is 12.5. The average molecular weight is 489 g/mol. The third kappa shape index (κ3) is 7.72. The Labute approximate surface area is 191 Å². The number of nitriles is 1. The van der Waals surface area contributed by atoms with E-state index in [0.717, 1.165) is 19.3 Å². The van der Waals surface area contributed by atoms with Crippen molar-refractivity contribution in [2.75, 3.05) is 18.5 Å². The molecule has 5 nitrogen and oxygen atoms in total. The number of unbranched alkanes of at least 4 members (excludes halogenated alkanes) is 3. The molecule has 0 aliphatic carbocycles. The molecule has 2 rings (SSSR count). The molecule has 0 atom stereocenters. The number of carbonyl (C=O) groups excluding carboxylic acids is 1. The molecule has 0 radical (unpaired) electrons. The zero-order valence-electron chi connectivity index (χ0n) is 17.7. The topological polar surface area (TPSA) is 71.3 Å². The number of halogens is 2. The monoisotopic (exact) mass is 488 g/mol. The van der Waals surface area contributed by atoms with Crippen molar-refractivity contribution >= 4 is 33.6 Å². The van der Waals surface area contributed by atoms with E-state index in [0.29, 0.717) is 40.4 Å². The molecule has 1 N–H and O–H groups in total. The highest BCUT2D eigenvalue weighted by molar-refractivity contribution is 9.10. The highest BCUT2D eigenvalue weighted by Gasteiger charge is 2.14. The SMILES string of the molecule is CCCCCCOc1c(Br)cc(C=C(C#N)C(=O)Nc2ccc(F)cc2)cc1OCC. The molecule has 0 fully saturated rings. The molecule has 0 unspecified atom stereocenters. The fraction of sp³-hybridized carbons (Fsp3) is 0.333. The fourth-order valence-corrected chi connectivity index (χ4v) is 3.40. The molecule has 0 aliphatic rings. The quantitative estimate of drug-likeness (QED) is 0.223. The van der Waals surface area contributed by atoms with Crippen molar-refractivity contribution in [2.24, 2.45) is 0 Å². The predicted octanol–water partition coefficient (Wildman–Crippen LogP) is 6.49. The normalized spacial score (nSPS) is 11.0. The predicted molar refractivity (Wildman–Crippen MR) is 124 cm³/mol. The summed E-state index contributed by atoms with van der Waals surface area (Å²) in [6.07, 6.45) is 5.86. The van der Waals surface area contributed by atoms with Crippen molar-refractivity contribution < 1.29 is 18.7 Å². The van der Waals surface area contributed by atoms with E-state index in [2.05, 4.69) is 28.2 Å². The van der Waals surface area contributed by atoms with Crippen LogP contribution >= 0.6 is 15.9 Å². The van der Waals surface area contributed by atoms with Crippen LogP contribution in [0.2, 0.25) is 0 Å². The van der Waals surface area contributed by atoms with Gasteiger partial charge in [-0.05, 0) is 77.3 Å². The molecule has 0 heterocycles. The van der Waals surface area contributed by atoms with Crippen LogP contribution in [0.1, 0.15) is 45.1 Å². The molecule has 0 saturated carbocycles. The highest BCUT2D eigenvalue weighted by Crippen LogP contribution is 2.37. The molecule has 0 aromatic heterocycles. The highest BCUT2D eigenvalue weighted by atomic mass is 79.9. The largest absolute Gasteiger partial charge is 0.490 e. The first-order valence-electron chi connectivity index (χ1n) is 10.3. The summed E-state index contributed by atoms with van der Waals surface area (Å²) >= 11 is 3.51. The van der Waals surface area contributed by atoms with E-state index >= 15 is 0 Å². The molecular weight excluding hydrogens is 463 g/mol. The first-order valence-corrected chi connectivity index (χ1v) is 11.1. The van der Waals surface area contributed by atoms with Crippen molar-refractivity contribution in [3.63, 3.8) is 0 Å². The Kier molecular flexibility index (Phi) is 10.0. The summed E-state index contributed by atoms with van der Waals surface area (Å²) in [5, 5.41) is 12.0. The number of rotatable bonds is 11. The molecule has 2 aromatic rings. The lowest BCUT2D eigenvalue weighted by atomic mass is 10.1. The Balaban J connectivity index is 2.20. The number of nitrogens with one attached hydrogen (secondary N) is 1. The van der Waals surface area contributed by atoms with Crippen LogP contribution in [0.4, 0.5) is 10.1 Å². The zero-order valence-corrected chi connectivity index (χ0v) is 19.3. The molecule has 2 aromatic carbocycles. The zero-order chi connectivity index (χ0) is 22.6. The minimum atomic E-state index is -0.584. The van der Waals surface area contributed by atoms with Crippen molar-refractivity contribution in [3.05, 3.63) is 57.8 Å². The van der Waals surface area contributed by atoms with E-state index in [4.69, 9.17) is 9.47 Å². The van der Waals surface area contributed by atoms with E-state index < -0.39 is 11.7 Å². The van der Waals surface area contributed by atoms with Crippen LogP contribution in [-0.2, 0) is 4.79 Å². The summed E-state index contributed by atoms with van der Waals surface area (Å²) in [6, 6.07) is 10.7. The second kappa shape index (κ2) is 12.8.